The SMILES string of the molecule is Brc1cccc(N=Nc2cccc3ccccc23)c1. The maximum absolute atomic E-state index is 4.35. The molecule has 0 amide bonds. The van der Waals surface area contributed by atoms with E-state index in [1.54, 1.807) is 0 Å². The van der Waals surface area contributed by atoms with Crippen molar-refractivity contribution in [1.29, 1.82) is 0 Å². The zero-order valence-corrected chi connectivity index (χ0v) is 11.7. The fourth-order valence-electron chi connectivity index (χ4n) is 1.95. The van der Waals surface area contributed by atoms with Crippen LogP contribution in [0.4, 0.5) is 11.4 Å². The molecule has 0 unspecified atom stereocenters. The lowest BCUT2D eigenvalue weighted by Gasteiger charge is -2.00. The van der Waals surface area contributed by atoms with E-state index in [9.17, 15) is 0 Å². The minimum Gasteiger partial charge on any atom is -0.151 e. The number of hydrogen-bond donors (Lipinski definition) is 0. The Hall–Kier alpha value is -2.00. The van der Waals surface area contributed by atoms with Gasteiger partial charge in [0.25, 0.3) is 0 Å². The lowest BCUT2D eigenvalue weighted by molar-refractivity contribution is 1.24. The van der Waals surface area contributed by atoms with Gasteiger partial charge in [0.15, 0.2) is 0 Å². The van der Waals surface area contributed by atoms with E-state index < -0.39 is 0 Å². The second kappa shape index (κ2) is 5.33. The molecule has 0 bridgehead atoms. The van der Waals surface area contributed by atoms with Crippen LogP contribution in [0.3, 0.4) is 0 Å². The van der Waals surface area contributed by atoms with Crippen molar-refractivity contribution in [2.75, 3.05) is 0 Å². The van der Waals surface area contributed by atoms with Crippen LogP contribution >= 0.6 is 15.9 Å². The first-order valence-electron chi connectivity index (χ1n) is 5.98. The molecule has 0 fully saturated rings. The molecule has 0 N–H and O–H groups in total. The summed E-state index contributed by atoms with van der Waals surface area (Å²) in [6.45, 7) is 0. The first-order chi connectivity index (χ1) is 9.33. The number of nitrogens with zero attached hydrogens (tertiary/aromatic N) is 2. The summed E-state index contributed by atoms with van der Waals surface area (Å²) in [5.74, 6) is 0. The van der Waals surface area contributed by atoms with Crippen molar-refractivity contribution >= 4 is 38.1 Å². The second-order valence-electron chi connectivity index (χ2n) is 4.18. The monoisotopic (exact) mass is 310 g/mol. The first kappa shape index (κ1) is 12.1. The van der Waals surface area contributed by atoms with Crippen molar-refractivity contribution in [2.24, 2.45) is 10.2 Å². The minimum absolute atomic E-state index is 0.835. The van der Waals surface area contributed by atoms with Crippen molar-refractivity contribution in [3.8, 4) is 0 Å². The number of halogens is 1. The van der Waals surface area contributed by atoms with E-state index in [1.165, 1.54) is 5.39 Å². The largest absolute Gasteiger partial charge is 0.151 e. The van der Waals surface area contributed by atoms with E-state index in [1.807, 2.05) is 48.5 Å². The van der Waals surface area contributed by atoms with Gasteiger partial charge < -0.3 is 0 Å². The predicted octanol–water partition coefficient (Wildman–Crippen LogP) is 6.02. The molecule has 3 heteroatoms. The number of hydrogen-bond acceptors (Lipinski definition) is 2. The Bertz CT molecular complexity index is 745. The molecule has 0 spiro atoms. The zero-order chi connectivity index (χ0) is 13.1. The Kier molecular flexibility index (Phi) is 3.38. The number of azo groups is 1. The molecule has 0 saturated carbocycles. The van der Waals surface area contributed by atoms with Crippen molar-refractivity contribution < 1.29 is 0 Å². The fraction of sp³-hybridized carbons (Fsp3) is 0. The van der Waals surface area contributed by atoms with Crippen LogP contribution in [0.15, 0.2) is 81.4 Å². The topological polar surface area (TPSA) is 24.7 Å². The van der Waals surface area contributed by atoms with E-state index in [2.05, 4.69) is 44.4 Å². The Labute approximate surface area is 119 Å². The molecule has 0 atom stereocenters. The predicted molar refractivity (Wildman–Crippen MR) is 82.3 cm³/mol. The van der Waals surface area contributed by atoms with E-state index in [-0.39, 0.29) is 0 Å². The summed E-state index contributed by atoms with van der Waals surface area (Å²) < 4.78 is 1.00. The van der Waals surface area contributed by atoms with E-state index in [4.69, 9.17) is 0 Å². The minimum atomic E-state index is 0.835. The molecular weight excluding hydrogens is 300 g/mol. The van der Waals surface area contributed by atoms with Gasteiger partial charge in [-0.3, -0.25) is 0 Å². The summed E-state index contributed by atoms with van der Waals surface area (Å²) in [7, 11) is 0. The van der Waals surface area contributed by atoms with Gasteiger partial charge >= 0.3 is 0 Å². The summed E-state index contributed by atoms with van der Waals surface area (Å²) in [6.07, 6.45) is 0. The molecule has 19 heavy (non-hydrogen) atoms. The molecule has 0 aliphatic heterocycles. The fourth-order valence-corrected chi connectivity index (χ4v) is 2.33. The Morgan fingerprint density at radius 2 is 1.53 bits per heavy atom. The molecule has 0 heterocycles. The average molecular weight is 311 g/mol. The van der Waals surface area contributed by atoms with Crippen LogP contribution in [-0.2, 0) is 0 Å². The third-order valence-electron chi connectivity index (χ3n) is 2.85. The van der Waals surface area contributed by atoms with Crippen molar-refractivity contribution in [1.82, 2.24) is 0 Å². The molecule has 0 aromatic heterocycles. The zero-order valence-electron chi connectivity index (χ0n) is 10.1. The summed E-state index contributed by atoms with van der Waals surface area (Å²) >= 11 is 3.43. The Balaban J connectivity index is 2.02. The average Bonchev–Trinajstić information content (AvgIpc) is 2.45. The first-order valence-corrected chi connectivity index (χ1v) is 6.77. The highest BCUT2D eigenvalue weighted by atomic mass is 79.9. The lowest BCUT2D eigenvalue weighted by atomic mass is 10.1. The van der Waals surface area contributed by atoms with Crippen LogP contribution in [0.5, 0.6) is 0 Å². The standard InChI is InChI=1S/C16H11BrN2/c17-13-7-4-8-14(11-13)18-19-16-10-3-6-12-5-1-2-9-15(12)16/h1-11H. The molecule has 2 nitrogen and oxygen atoms in total. The maximum atomic E-state index is 4.35. The number of rotatable bonds is 2. The highest BCUT2D eigenvalue weighted by Crippen LogP contribution is 2.28. The van der Waals surface area contributed by atoms with Gasteiger partial charge in [-0.1, -0.05) is 58.4 Å². The number of fused-ring (bicyclic) bond motifs is 1. The van der Waals surface area contributed by atoms with Crippen LogP contribution in [-0.4, -0.2) is 0 Å². The van der Waals surface area contributed by atoms with Crippen LogP contribution < -0.4 is 0 Å². The molecule has 0 saturated heterocycles. The third kappa shape index (κ3) is 2.71. The van der Waals surface area contributed by atoms with Gasteiger partial charge in [0.05, 0.1) is 11.4 Å². The highest BCUT2D eigenvalue weighted by molar-refractivity contribution is 9.10. The highest BCUT2D eigenvalue weighted by Gasteiger charge is 1.98. The van der Waals surface area contributed by atoms with Crippen LogP contribution in [0.2, 0.25) is 0 Å². The molecule has 92 valence electrons. The normalized spacial score (nSPS) is 11.2. The third-order valence-corrected chi connectivity index (χ3v) is 3.34. The van der Waals surface area contributed by atoms with Gasteiger partial charge in [0.1, 0.15) is 0 Å². The molecule has 0 aliphatic carbocycles. The molecular formula is C16H11BrN2. The molecule has 0 radical (unpaired) electrons. The lowest BCUT2D eigenvalue weighted by Crippen LogP contribution is -1.72. The van der Waals surface area contributed by atoms with Gasteiger partial charge in [-0.25, -0.2) is 0 Å². The molecule has 3 aromatic carbocycles. The summed E-state index contributed by atoms with van der Waals surface area (Å²) in [6, 6.07) is 22.0. The van der Waals surface area contributed by atoms with Gasteiger partial charge in [-0.2, -0.15) is 5.11 Å². The summed E-state index contributed by atoms with van der Waals surface area (Å²) in [5.41, 5.74) is 1.72. The van der Waals surface area contributed by atoms with Crippen molar-refractivity contribution in [2.45, 2.75) is 0 Å². The summed E-state index contributed by atoms with van der Waals surface area (Å²) in [5, 5.41) is 10.9. The molecule has 3 aromatic rings. The van der Waals surface area contributed by atoms with E-state index in [0.717, 1.165) is 21.2 Å². The number of benzene rings is 3. The maximum Gasteiger partial charge on any atom is 0.0935 e. The van der Waals surface area contributed by atoms with Gasteiger partial charge in [0.2, 0.25) is 0 Å². The smallest absolute Gasteiger partial charge is 0.0935 e. The molecule has 0 aliphatic rings. The molecule has 3 rings (SSSR count). The summed E-state index contributed by atoms with van der Waals surface area (Å²) in [4.78, 5) is 0. The van der Waals surface area contributed by atoms with Gasteiger partial charge in [0, 0.05) is 9.86 Å². The van der Waals surface area contributed by atoms with E-state index >= 15 is 0 Å². The van der Waals surface area contributed by atoms with Crippen molar-refractivity contribution in [3.05, 3.63) is 71.2 Å². The Morgan fingerprint density at radius 3 is 2.42 bits per heavy atom. The van der Waals surface area contributed by atoms with Crippen molar-refractivity contribution in [3.63, 3.8) is 0 Å². The van der Waals surface area contributed by atoms with Gasteiger partial charge in [-0.15, -0.1) is 5.11 Å². The van der Waals surface area contributed by atoms with Crippen LogP contribution in [0.25, 0.3) is 10.8 Å². The van der Waals surface area contributed by atoms with Crippen LogP contribution in [0, 0.1) is 0 Å². The van der Waals surface area contributed by atoms with E-state index in [0.29, 0.717) is 0 Å². The Morgan fingerprint density at radius 1 is 0.737 bits per heavy atom. The van der Waals surface area contributed by atoms with Crippen LogP contribution in [0.1, 0.15) is 0 Å². The van der Waals surface area contributed by atoms with Gasteiger partial charge in [-0.05, 0) is 29.7 Å². The second-order valence-corrected chi connectivity index (χ2v) is 5.09. The quantitative estimate of drug-likeness (QED) is 0.517.